The zero-order valence-electron chi connectivity index (χ0n) is 12.1. The van der Waals surface area contributed by atoms with Crippen molar-refractivity contribution >= 4 is 31.9 Å². The van der Waals surface area contributed by atoms with Crippen molar-refractivity contribution in [2.24, 2.45) is 0 Å². The van der Waals surface area contributed by atoms with E-state index in [9.17, 15) is 0 Å². The second kappa shape index (κ2) is 7.97. The van der Waals surface area contributed by atoms with Crippen LogP contribution in [0.2, 0.25) is 0 Å². The van der Waals surface area contributed by atoms with Crippen LogP contribution in [0.3, 0.4) is 0 Å². The van der Waals surface area contributed by atoms with Gasteiger partial charge in [0.25, 0.3) is 0 Å². The Labute approximate surface area is 142 Å². The summed E-state index contributed by atoms with van der Waals surface area (Å²) < 4.78 is 11.6. The third-order valence-electron chi connectivity index (χ3n) is 3.26. The smallest absolute Gasteiger partial charge is 0.133 e. The van der Waals surface area contributed by atoms with Gasteiger partial charge in [0.05, 0.1) is 15.9 Å². The minimum Gasteiger partial charge on any atom is -0.490 e. The molecule has 2 aromatic carbocycles. The van der Waals surface area contributed by atoms with Gasteiger partial charge in [-0.15, -0.1) is 0 Å². The summed E-state index contributed by atoms with van der Waals surface area (Å²) >= 11 is 7.36. The average molecular weight is 414 g/mol. The first-order chi connectivity index (χ1) is 10.1. The van der Waals surface area contributed by atoms with Crippen molar-refractivity contribution in [2.45, 2.75) is 11.8 Å². The van der Waals surface area contributed by atoms with Crippen LogP contribution >= 0.6 is 31.9 Å². The molecule has 2 nitrogen and oxygen atoms in total. The van der Waals surface area contributed by atoms with Crippen LogP contribution in [0.1, 0.15) is 21.5 Å². The van der Waals surface area contributed by atoms with Crippen molar-refractivity contribution in [3.63, 3.8) is 0 Å². The van der Waals surface area contributed by atoms with E-state index in [1.807, 2.05) is 6.07 Å². The maximum atomic E-state index is 5.65. The fraction of sp³-hybridized carbons (Fsp3) is 0.294. The summed E-state index contributed by atoms with van der Waals surface area (Å²) in [6.07, 6.45) is 0. The molecule has 0 fully saturated rings. The Morgan fingerprint density at radius 2 is 1.86 bits per heavy atom. The molecule has 0 heterocycles. The predicted molar refractivity (Wildman–Crippen MR) is 93.5 cm³/mol. The van der Waals surface area contributed by atoms with E-state index in [0.717, 1.165) is 10.2 Å². The highest BCUT2D eigenvalue weighted by molar-refractivity contribution is 9.10. The summed E-state index contributed by atoms with van der Waals surface area (Å²) in [5.41, 5.74) is 3.74. The molecule has 0 radical (unpaired) electrons. The largest absolute Gasteiger partial charge is 0.490 e. The molecule has 2 rings (SSSR count). The molecular weight excluding hydrogens is 396 g/mol. The fourth-order valence-corrected chi connectivity index (χ4v) is 3.39. The van der Waals surface area contributed by atoms with E-state index in [2.05, 4.69) is 75.2 Å². The Kier molecular flexibility index (Phi) is 6.27. The van der Waals surface area contributed by atoms with E-state index in [4.69, 9.17) is 9.47 Å². The van der Waals surface area contributed by atoms with Gasteiger partial charge in [0, 0.05) is 7.11 Å². The van der Waals surface area contributed by atoms with Gasteiger partial charge in [-0.3, -0.25) is 0 Å². The van der Waals surface area contributed by atoms with Crippen molar-refractivity contribution in [3.05, 3.63) is 63.6 Å². The quantitative estimate of drug-likeness (QED) is 0.474. The zero-order chi connectivity index (χ0) is 15.2. The lowest BCUT2D eigenvalue weighted by Crippen LogP contribution is -2.05. The summed E-state index contributed by atoms with van der Waals surface area (Å²) in [6.45, 7) is 3.25. The minimum absolute atomic E-state index is 0.169. The highest BCUT2D eigenvalue weighted by atomic mass is 79.9. The van der Waals surface area contributed by atoms with Crippen LogP contribution in [0.25, 0.3) is 0 Å². The number of benzene rings is 2. The first kappa shape index (κ1) is 16.5. The Bertz CT molecular complexity index is 599. The first-order valence-electron chi connectivity index (χ1n) is 6.74. The molecule has 1 unspecified atom stereocenters. The number of halogens is 2. The number of aryl methyl sites for hydroxylation is 1. The van der Waals surface area contributed by atoms with Crippen molar-refractivity contribution < 1.29 is 9.47 Å². The molecule has 0 N–H and O–H groups in total. The summed E-state index contributed by atoms with van der Waals surface area (Å²) in [5.74, 6) is 0.834. The van der Waals surface area contributed by atoms with Crippen molar-refractivity contribution in [3.8, 4) is 5.75 Å². The van der Waals surface area contributed by atoms with Gasteiger partial charge in [-0.05, 0) is 51.7 Å². The Morgan fingerprint density at radius 1 is 1.10 bits per heavy atom. The number of methoxy groups -OCH3 is 1. The van der Waals surface area contributed by atoms with Gasteiger partial charge < -0.3 is 9.47 Å². The van der Waals surface area contributed by atoms with Gasteiger partial charge in [0.2, 0.25) is 0 Å². The second-order valence-corrected chi connectivity index (χ2v) is 6.52. The summed E-state index contributed by atoms with van der Waals surface area (Å²) in [7, 11) is 1.67. The Morgan fingerprint density at radius 3 is 2.52 bits per heavy atom. The summed E-state index contributed by atoms with van der Waals surface area (Å²) in [4.78, 5) is 0.169. The monoisotopic (exact) mass is 412 g/mol. The minimum atomic E-state index is 0.169. The Balaban J connectivity index is 2.18. The van der Waals surface area contributed by atoms with Gasteiger partial charge in [-0.2, -0.15) is 0 Å². The molecule has 0 saturated carbocycles. The highest BCUT2D eigenvalue weighted by Gasteiger charge is 2.14. The van der Waals surface area contributed by atoms with E-state index < -0.39 is 0 Å². The van der Waals surface area contributed by atoms with E-state index in [1.165, 1.54) is 16.7 Å². The van der Waals surface area contributed by atoms with Crippen LogP contribution in [-0.2, 0) is 4.74 Å². The Hall–Kier alpha value is -0.840. The first-order valence-corrected chi connectivity index (χ1v) is 8.45. The third-order valence-corrected chi connectivity index (χ3v) is 4.90. The second-order valence-electron chi connectivity index (χ2n) is 4.75. The molecule has 2 aromatic rings. The van der Waals surface area contributed by atoms with Gasteiger partial charge in [0.1, 0.15) is 12.4 Å². The van der Waals surface area contributed by atoms with Crippen molar-refractivity contribution in [1.82, 2.24) is 0 Å². The molecule has 0 aliphatic rings. The molecule has 0 saturated heterocycles. The molecule has 4 heteroatoms. The number of ether oxygens (including phenoxy) is 2. The molecule has 0 spiro atoms. The molecule has 0 aromatic heterocycles. The van der Waals surface area contributed by atoms with Crippen LogP contribution < -0.4 is 4.74 Å². The maximum absolute atomic E-state index is 5.65. The van der Waals surface area contributed by atoms with E-state index in [-0.39, 0.29) is 4.83 Å². The molecule has 1 atom stereocenters. The molecule has 21 heavy (non-hydrogen) atoms. The number of hydrogen-bond donors (Lipinski definition) is 0. The number of rotatable bonds is 6. The van der Waals surface area contributed by atoms with Crippen LogP contribution in [0.5, 0.6) is 5.75 Å². The zero-order valence-corrected chi connectivity index (χ0v) is 15.3. The van der Waals surface area contributed by atoms with Gasteiger partial charge >= 0.3 is 0 Å². The molecule has 0 amide bonds. The van der Waals surface area contributed by atoms with Gasteiger partial charge in [-0.25, -0.2) is 0 Å². The SMILES string of the molecule is COCCOc1ccc(C(Br)c2ccccc2C)cc1Br. The maximum Gasteiger partial charge on any atom is 0.133 e. The molecule has 0 bridgehead atoms. The predicted octanol–water partition coefficient (Wildman–Crippen LogP) is 5.27. The molecule has 0 aliphatic heterocycles. The standard InChI is InChI=1S/C17H18Br2O2/c1-12-5-3-4-6-14(12)17(19)13-7-8-16(15(18)11-13)21-10-9-20-2/h3-8,11,17H,9-10H2,1-2H3. The number of hydrogen-bond acceptors (Lipinski definition) is 2. The van der Waals surface area contributed by atoms with E-state index in [1.54, 1.807) is 7.11 Å². The lowest BCUT2D eigenvalue weighted by Gasteiger charge is -2.15. The normalized spacial score (nSPS) is 12.2. The average Bonchev–Trinajstić information content (AvgIpc) is 2.49. The van der Waals surface area contributed by atoms with Crippen LogP contribution in [0.15, 0.2) is 46.9 Å². The van der Waals surface area contributed by atoms with Crippen molar-refractivity contribution in [1.29, 1.82) is 0 Å². The lowest BCUT2D eigenvalue weighted by molar-refractivity contribution is 0.146. The molecule has 0 aliphatic carbocycles. The van der Waals surface area contributed by atoms with Gasteiger partial charge in [0.15, 0.2) is 0 Å². The van der Waals surface area contributed by atoms with Crippen molar-refractivity contribution in [2.75, 3.05) is 20.3 Å². The molecular formula is C17H18Br2O2. The number of alkyl halides is 1. The molecule has 112 valence electrons. The lowest BCUT2D eigenvalue weighted by atomic mass is 10.0. The third kappa shape index (κ3) is 4.31. The fourth-order valence-electron chi connectivity index (χ4n) is 2.08. The highest BCUT2D eigenvalue weighted by Crippen LogP contribution is 2.36. The summed E-state index contributed by atoms with van der Waals surface area (Å²) in [5, 5.41) is 0. The topological polar surface area (TPSA) is 18.5 Å². The van der Waals surface area contributed by atoms with E-state index >= 15 is 0 Å². The van der Waals surface area contributed by atoms with Crippen LogP contribution in [-0.4, -0.2) is 20.3 Å². The van der Waals surface area contributed by atoms with Gasteiger partial charge in [-0.1, -0.05) is 46.3 Å². The van der Waals surface area contributed by atoms with Crippen LogP contribution in [0, 0.1) is 6.92 Å². The van der Waals surface area contributed by atoms with E-state index in [0.29, 0.717) is 13.2 Å². The summed E-state index contributed by atoms with van der Waals surface area (Å²) in [6, 6.07) is 14.6. The van der Waals surface area contributed by atoms with Crippen LogP contribution in [0.4, 0.5) is 0 Å².